The van der Waals surface area contributed by atoms with Gasteiger partial charge in [0.25, 0.3) is 5.91 Å². The molecule has 0 bridgehead atoms. The average Bonchev–Trinajstić information content (AvgIpc) is 2.66. The highest BCUT2D eigenvalue weighted by Gasteiger charge is 2.39. The molecule has 9 heteroatoms. The maximum atomic E-state index is 12.2. The molecule has 2 aromatic carbocycles. The van der Waals surface area contributed by atoms with E-state index < -0.39 is 11.5 Å². The zero-order chi connectivity index (χ0) is 21.8. The summed E-state index contributed by atoms with van der Waals surface area (Å²) in [6.07, 6.45) is 0. The quantitative estimate of drug-likeness (QED) is 0.686. The van der Waals surface area contributed by atoms with Gasteiger partial charge < -0.3 is 20.1 Å². The molecule has 0 aromatic heterocycles. The molecule has 0 heterocycles. The summed E-state index contributed by atoms with van der Waals surface area (Å²) in [5, 5.41) is 22.1. The summed E-state index contributed by atoms with van der Waals surface area (Å²) in [4.78, 5) is 25.5. The molecule has 29 heavy (non-hydrogen) atoms. The second-order valence-corrected chi connectivity index (χ2v) is 7.43. The Morgan fingerprint density at radius 3 is 2.38 bits per heavy atom. The lowest BCUT2D eigenvalue weighted by molar-refractivity contribution is -0.142. The van der Waals surface area contributed by atoms with Gasteiger partial charge in [0.1, 0.15) is 5.75 Å². The maximum Gasteiger partial charge on any atom is 0.333 e. The lowest BCUT2D eigenvalue weighted by Gasteiger charge is -2.30. The Morgan fingerprint density at radius 2 is 1.86 bits per heavy atom. The molecule has 152 valence electrons. The zero-order valence-electron chi connectivity index (χ0n) is 16.0. The summed E-state index contributed by atoms with van der Waals surface area (Å²) in [7, 11) is 3.15. The van der Waals surface area contributed by atoms with Crippen molar-refractivity contribution in [3.05, 3.63) is 57.6 Å². The van der Waals surface area contributed by atoms with Crippen LogP contribution in [0.4, 0.5) is 5.69 Å². The Morgan fingerprint density at radius 1 is 1.24 bits per heavy atom. The molecule has 0 saturated carbocycles. The van der Waals surface area contributed by atoms with Crippen LogP contribution in [0.5, 0.6) is 5.75 Å². The number of ether oxygens (including phenoxy) is 1. The Kier molecular flexibility index (Phi) is 6.96. The fourth-order valence-electron chi connectivity index (χ4n) is 2.49. The standard InChI is InChI=1S/C20H19Cl2N3O4/c1-20(19(27)28,24-14-6-4-12(10-23)5-7-14)15-8-13(21)9-16(22)18(15)29-11-17(26)25(2)3/h4-9,24H,11H2,1-3H3,(H,27,28). The number of nitriles is 1. The Hall–Kier alpha value is -2.95. The number of nitrogens with one attached hydrogen (secondary N) is 1. The zero-order valence-corrected chi connectivity index (χ0v) is 17.5. The van der Waals surface area contributed by atoms with Crippen molar-refractivity contribution in [1.82, 2.24) is 4.90 Å². The summed E-state index contributed by atoms with van der Waals surface area (Å²) >= 11 is 12.4. The van der Waals surface area contributed by atoms with E-state index in [1.54, 1.807) is 38.4 Å². The largest absolute Gasteiger partial charge is 0.482 e. The third kappa shape index (κ3) is 5.11. The van der Waals surface area contributed by atoms with E-state index in [1.165, 1.54) is 24.0 Å². The number of hydrogen-bond acceptors (Lipinski definition) is 5. The fraction of sp³-hybridized carbons (Fsp3) is 0.250. The van der Waals surface area contributed by atoms with E-state index in [0.717, 1.165) is 0 Å². The van der Waals surface area contributed by atoms with Crippen molar-refractivity contribution in [2.45, 2.75) is 12.5 Å². The molecule has 2 rings (SSSR count). The van der Waals surface area contributed by atoms with Crippen LogP contribution in [0.2, 0.25) is 10.0 Å². The van der Waals surface area contributed by atoms with E-state index >= 15 is 0 Å². The molecule has 2 N–H and O–H groups in total. The number of carbonyl (C=O) groups excluding carboxylic acids is 1. The van der Waals surface area contributed by atoms with E-state index in [0.29, 0.717) is 11.3 Å². The van der Waals surface area contributed by atoms with Crippen molar-refractivity contribution in [2.24, 2.45) is 0 Å². The maximum absolute atomic E-state index is 12.2. The molecule has 7 nitrogen and oxygen atoms in total. The van der Waals surface area contributed by atoms with E-state index in [1.807, 2.05) is 6.07 Å². The predicted octanol–water partition coefficient (Wildman–Crippen LogP) is 3.74. The van der Waals surface area contributed by atoms with Gasteiger partial charge in [-0.2, -0.15) is 5.26 Å². The van der Waals surface area contributed by atoms with Gasteiger partial charge in [-0.3, -0.25) is 4.79 Å². The SMILES string of the molecule is CN(C)C(=O)COc1c(Cl)cc(Cl)cc1C(C)(Nc1ccc(C#N)cc1)C(=O)O. The van der Waals surface area contributed by atoms with Crippen LogP contribution in [0.25, 0.3) is 0 Å². The lowest BCUT2D eigenvalue weighted by Crippen LogP contribution is -2.41. The summed E-state index contributed by atoms with van der Waals surface area (Å²) in [5.41, 5.74) is -0.650. The molecule has 2 aromatic rings. The molecule has 0 fully saturated rings. The van der Waals surface area contributed by atoms with Crippen LogP contribution >= 0.6 is 23.2 Å². The van der Waals surface area contributed by atoms with Gasteiger partial charge in [0.05, 0.1) is 16.7 Å². The summed E-state index contributed by atoms with van der Waals surface area (Å²) < 4.78 is 5.59. The van der Waals surface area contributed by atoms with Crippen molar-refractivity contribution < 1.29 is 19.4 Å². The first-order valence-corrected chi connectivity index (χ1v) is 9.18. The second kappa shape index (κ2) is 9.03. The van der Waals surface area contributed by atoms with Crippen LogP contribution in [0.1, 0.15) is 18.1 Å². The third-order valence-electron chi connectivity index (χ3n) is 4.22. The lowest BCUT2D eigenvalue weighted by atomic mass is 9.90. The first-order valence-electron chi connectivity index (χ1n) is 8.42. The Balaban J connectivity index is 2.51. The molecule has 0 aliphatic rings. The normalized spacial score (nSPS) is 12.4. The molecular weight excluding hydrogens is 417 g/mol. The van der Waals surface area contributed by atoms with Crippen molar-refractivity contribution in [2.75, 3.05) is 26.0 Å². The monoisotopic (exact) mass is 435 g/mol. The highest BCUT2D eigenvalue weighted by atomic mass is 35.5. The van der Waals surface area contributed by atoms with Crippen molar-refractivity contribution in [3.63, 3.8) is 0 Å². The molecule has 0 aliphatic heterocycles. The van der Waals surface area contributed by atoms with Crippen LogP contribution < -0.4 is 10.1 Å². The van der Waals surface area contributed by atoms with Gasteiger partial charge in [-0.05, 0) is 43.3 Å². The number of nitrogens with zero attached hydrogens (tertiary/aromatic N) is 2. The number of carbonyl (C=O) groups is 2. The Labute approximate surface area is 178 Å². The molecule has 1 unspecified atom stereocenters. The predicted molar refractivity (Wildman–Crippen MR) is 110 cm³/mol. The molecule has 0 aliphatic carbocycles. The highest BCUT2D eigenvalue weighted by molar-refractivity contribution is 6.35. The number of anilines is 1. The first kappa shape index (κ1) is 22.3. The number of carboxylic acids is 1. The number of aliphatic carboxylic acids is 1. The third-order valence-corrected chi connectivity index (χ3v) is 4.72. The molecule has 0 radical (unpaired) electrons. The summed E-state index contributed by atoms with van der Waals surface area (Å²) in [6, 6.07) is 11.1. The van der Waals surface area contributed by atoms with Gasteiger partial charge >= 0.3 is 5.97 Å². The van der Waals surface area contributed by atoms with E-state index in [2.05, 4.69) is 5.32 Å². The number of benzene rings is 2. The van der Waals surface area contributed by atoms with E-state index in [9.17, 15) is 14.7 Å². The molecular formula is C20H19Cl2N3O4. The van der Waals surface area contributed by atoms with Crippen molar-refractivity contribution >= 4 is 40.8 Å². The van der Waals surface area contributed by atoms with Crippen LogP contribution in [0, 0.1) is 11.3 Å². The van der Waals surface area contributed by atoms with Crippen LogP contribution in [-0.2, 0) is 15.1 Å². The van der Waals surface area contributed by atoms with E-state index in [-0.39, 0.29) is 33.9 Å². The average molecular weight is 436 g/mol. The minimum atomic E-state index is -1.70. The smallest absolute Gasteiger partial charge is 0.333 e. The van der Waals surface area contributed by atoms with Gasteiger partial charge in [-0.1, -0.05) is 23.2 Å². The van der Waals surface area contributed by atoms with Crippen LogP contribution in [-0.4, -0.2) is 42.6 Å². The molecule has 0 saturated heterocycles. The first-order chi connectivity index (χ1) is 13.6. The van der Waals surface area contributed by atoms with Gasteiger partial charge in [0.15, 0.2) is 12.1 Å². The highest BCUT2D eigenvalue weighted by Crippen LogP contribution is 2.40. The molecule has 0 spiro atoms. The number of halogens is 2. The second-order valence-electron chi connectivity index (χ2n) is 6.59. The molecule has 1 amide bonds. The van der Waals surface area contributed by atoms with Gasteiger partial charge in [-0.15, -0.1) is 0 Å². The van der Waals surface area contributed by atoms with Gasteiger partial charge in [0.2, 0.25) is 0 Å². The minimum absolute atomic E-state index is 0.0392. The summed E-state index contributed by atoms with van der Waals surface area (Å²) in [6.45, 7) is 1.10. The van der Waals surface area contributed by atoms with E-state index in [4.69, 9.17) is 33.2 Å². The van der Waals surface area contributed by atoms with Crippen LogP contribution in [0.15, 0.2) is 36.4 Å². The topological polar surface area (TPSA) is 103 Å². The minimum Gasteiger partial charge on any atom is -0.482 e. The van der Waals surface area contributed by atoms with Gasteiger partial charge in [0, 0.05) is 30.4 Å². The number of rotatable bonds is 7. The summed E-state index contributed by atoms with van der Waals surface area (Å²) in [5.74, 6) is -1.50. The van der Waals surface area contributed by atoms with Crippen molar-refractivity contribution in [1.29, 1.82) is 5.26 Å². The van der Waals surface area contributed by atoms with Crippen LogP contribution in [0.3, 0.4) is 0 Å². The number of likely N-dealkylation sites (N-methyl/N-ethyl adjacent to an activating group) is 1. The van der Waals surface area contributed by atoms with Crippen molar-refractivity contribution in [3.8, 4) is 11.8 Å². The van der Waals surface area contributed by atoms with Gasteiger partial charge in [-0.25, -0.2) is 4.79 Å². The number of amides is 1. The fourth-order valence-corrected chi connectivity index (χ4v) is 3.04. The number of hydrogen-bond donors (Lipinski definition) is 2. The Bertz CT molecular complexity index is 971. The molecule has 1 atom stereocenters. The number of carboxylic acid groups (broad SMARTS) is 1.